The largest absolute Gasteiger partial charge is 0.322 e. The first kappa shape index (κ1) is 11.2. The molecule has 16 heavy (non-hydrogen) atoms. The molecule has 0 bridgehead atoms. The molecule has 2 aromatic rings. The van der Waals surface area contributed by atoms with Crippen LogP contribution in [0.2, 0.25) is 0 Å². The van der Waals surface area contributed by atoms with Gasteiger partial charge in [-0.05, 0) is 24.1 Å². The highest BCUT2D eigenvalue weighted by Gasteiger charge is 2.12. The standard InChI is InChI=1S/C10H10BrFN4/c11-7-2-1-6(8(12)4-7)3-9(13)10-5-14-16-15-10/h1-2,4-5,9H,3,13H2,(H,14,15,16). The van der Waals surface area contributed by atoms with Gasteiger partial charge >= 0.3 is 0 Å². The lowest BCUT2D eigenvalue weighted by Crippen LogP contribution is -2.14. The lowest BCUT2D eigenvalue weighted by atomic mass is 10.0. The predicted octanol–water partition coefficient (Wildman–Crippen LogP) is 1.95. The molecule has 3 N–H and O–H groups in total. The van der Waals surface area contributed by atoms with Gasteiger partial charge < -0.3 is 5.73 Å². The minimum Gasteiger partial charge on any atom is -0.322 e. The number of hydrogen-bond donors (Lipinski definition) is 2. The lowest BCUT2D eigenvalue weighted by molar-refractivity contribution is 0.588. The van der Waals surface area contributed by atoms with Crippen LogP contribution in [0.5, 0.6) is 0 Å². The summed E-state index contributed by atoms with van der Waals surface area (Å²) >= 11 is 3.20. The number of rotatable bonds is 3. The van der Waals surface area contributed by atoms with Gasteiger partial charge in [0.15, 0.2) is 0 Å². The number of nitrogens with two attached hydrogens (primary N) is 1. The first-order chi connectivity index (χ1) is 7.66. The molecule has 0 saturated carbocycles. The number of H-pyrrole nitrogens is 1. The van der Waals surface area contributed by atoms with Crippen molar-refractivity contribution in [3.05, 3.63) is 45.9 Å². The van der Waals surface area contributed by atoms with Crippen molar-refractivity contribution in [3.63, 3.8) is 0 Å². The van der Waals surface area contributed by atoms with Crippen LogP contribution >= 0.6 is 15.9 Å². The van der Waals surface area contributed by atoms with Crippen LogP contribution in [0, 0.1) is 5.82 Å². The van der Waals surface area contributed by atoms with E-state index in [2.05, 4.69) is 31.3 Å². The van der Waals surface area contributed by atoms with Gasteiger partial charge in [0, 0.05) is 4.47 Å². The van der Waals surface area contributed by atoms with Crippen molar-refractivity contribution < 1.29 is 4.39 Å². The van der Waals surface area contributed by atoms with Crippen LogP contribution in [-0.4, -0.2) is 15.4 Å². The molecule has 1 aromatic heterocycles. The van der Waals surface area contributed by atoms with Crippen molar-refractivity contribution in [2.45, 2.75) is 12.5 Å². The molecule has 2 rings (SSSR count). The molecule has 4 nitrogen and oxygen atoms in total. The zero-order valence-corrected chi connectivity index (χ0v) is 9.91. The Labute approximate surface area is 100 Å². The topological polar surface area (TPSA) is 67.6 Å². The molecule has 0 aliphatic rings. The molecule has 0 fully saturated rings. The second-order valence-electron chi connectivity index (χ2n) is 3.44. The summed E-state index contributed by atoms with van der Waals surface area (Å²) in [4.78, 5) is 0. The molecule has 84 valence electrons. The van der Waals surface area contributed by atoms with Crippen LogP contribution in [0.3, 0.4) is 0 Å². The van der Waals surface area contributed by atoms with Crippen LogP contribution in [0.4, 0.5) is 4.39 Å². The quantitative estimate of drug-likeness (QED) is 0.905. The van der Waals surface area contributed by atoms with E-state index in [4.69, 9.17) is 5.73 Å². The normalized spacial score (nSPS) is 12.7. The van der Waals surface area contributed by atoms with Crippen LogP contribution in [0.25, 0.3) is 0 Å². The second-order valence-corrected chi connectivity index (χ2v) is 4.36. The van der Waals surface area contributed by atoms with Gasteiger partial charge in [-0.15, -0.1) is 0 Å². The van der Waals surface area contributed by atoms with Crippen molar-refractivity contribution in [1.82, 2.24) is 15.4 Å². The van der Waals surface area contributed by atoms with Crippen molar-refractivity contribution in [1.29, 1.82) is 0 Å². The van der Waals surface area contributed by atoms with Crippen molar-refractivity contribution in [2.75, 3.05) is 0 Å². The minimum absolute atomic E-state index is 0.270. The van der Waals surface area contributed by atoms with E-state index in [1.54, 1.807) is 18.3 Å². The second kappa shape index (κ2) is 4.71. The first-order valence-corrected chi connectivity index (χ1v) is 5.51. The van der Waals surface area contributed by atoms with Crippen molar-refractivity contribution in [3.8, 4) is 0 Å². The number of nitrogens with zero attached hydrogens (tertiary/aromatic N) is 2. The third-order valence-corrected chi connectivity index (χ3v) is 2.76. The Morgan fingerprint density at radius 1 is 1.50 bits per heavy atom. The highest BCUT2D eigenvalue weighted by Crippen LogP contribution is 2.19. The molecule has 0 radical (unpaired) electrons. The van der Waals surface area contributed by atoms with E-state index < -0.39 is 0 Å². The summed E-state index contributed by atoms with van der Waals surface area (Å²) in [7, 11) is 0. The molecule has 1 unspecified atom stereocenters. The molecule has 0 saturated heterocycles. The van der Waals surface area contributed by atoms with Gasteiger partial charge in [-0.3, -0.25) is 0 Å². The number of aromatic amines is 1. The zero-order chi connectivity index (χ0) is 11.5. The molecule has 0 aliphatic carbocycles. The summed E-state index contributed by atoms with van der Waals surface area (Å²) in [6, 6.07) is 4.56. The maximum absolute atomic E-state index is 13.5. The Morgan fingerprint density at radius 3 is 2.94 bits per heavy atom. The molecule has 1 atom stereocenters. The number of hydrogen-bond acceptors (Lipinski definition) is 3. The number of nitrogens with one attached hydrogen (secondary N) is 1. The lowest BCUT2D eigenvalue weighted by Gasteiger charge is -2.09. The van der Waals surface area contributed by atoms with E-state index in [0.29, 0.717) is 22.2 Å². The van der Waals surface area contributed by atoms with Gasteiger partial charge in [0.25, 0.3) is 0 Å². The fraction of sp³-hybridized carbons (Fsp3) is 0.200. The minimum atomic E-state index is -0.352. The molecule has 6 heteroatoms. The summed E-state index contributed by atoms with van der Waals surface area (Å²) in [6.07, 6.45) is 1.94. The molecule has 0 amide bonds. The summed E-state index contributed by atoms with van der Waals surface area (Å²) in [5.41, 5.74) is 7.07. The fourth-order valence-corrected chi connectivity index (χ4v) is 1.75. The summed E-state index contributed by atoms with van der Waals surface area (Å²) < 4.78 is 14.2. The van der Waals surface area contributed by atoms with E-state index in [0.717, 1.165) is 0 Å². The number of benzene rings is 1. The van der Waals surface area contributed by atoms with E-state index in [-0.39, 0.29) is 11.9 Å². The molecule has 1 aromatic carbocycles. The Hall–Kier alpha value is -1.27. The SMILES string of the molecule is NC(Cc1ccc(Br)cc1F)c1cn[nH]n1. The molecular weight excluding hydrogens is 275 g/mol. The van der Waals surface area contributed by atoms with E-state index >= 15 is 0 Å². The van der Waals surface area contributed by atoms with E-state index in [9.17, 15) is 4.39 Å². The van der Waals surface area contributed by atoms with Crippen molar-refractivity contribution in [2.24, 2.45) is 5.73 Å². The monoisotopic (exact) mass is 284 g/mol. The van der Waals surface area contributed by atoms with Crippen LogP contribution < -0.4 is 5.73 Å². The summed E-state index contributed by atoms with van der Waals surface area (Å²) in [5, 5.41) is 10.0. The number of halogens is 2. The van der Waals surface area contributed by atoms with Crippen LogP contribution in [0.1, 0.15) is 17.3 Å². The van der Waals surface area contributed by atoms with E-state index in [1.807, 2.05) is 0 Å². The third-order valence-electron chi connectivity index (χ3n) is 2.27. The highest BCUT2D eigenvalue weighted by molar-refractivity contribution is 9.10. The average Bonchev–Trinajstić information content (AvgIpc) is 2.75. The predicted molar refractivity (Wildman–Crippen MR) is 61.1 cm³/mol. The Morgan fingerprint density at radius 2 is 2.31 bits per heavy atom. The Balaban J connectivity index is 2.15. The van der Waals surface area contributed by atoms with Gasteiger partial charge in [-0.1, -0.05) is 22.0 Å². The first-order valence-electron chi connectivity index (χ1n) is 4.72. The molecule has 1 heterocycles. The van der Waals surface area contributed by atoms with Gasteiger partial charge in [0.05, 0.1) is 17.9 Å². The van der Waals surface area contributed by atoms with Gasteiger partial charge in [0.1, 0.15) is 5.82 Å². The van der Waals surface area contributed by atoms with Gasteiger partial charge in [-0.2, -0.15) is 15.4 Å². The maximum atomic E-state index is 13.5. The molecule has 0 spiro atoms. The smallest absolute Gasteiger partial charge is 0.127 e. The van der Waals surface area contributed by atoms with Crippen molar-refractivity contribution >= 4 is 15.9 Å². The fourth-order valence-electron chi connectivity index (χ4n) is 1.42. The van der Waals surface area contributed by atoms with Crippen LogP contribution in [-0.2, 0) is 6.42 Å². The molecule has 0 aliphatic heterocycles. The zero-order valence-electron chi connectivity index (χ0n) is 8.32. The van der Waals surface area contributed by atoms with Gasteiger partial charge in [-0.25, -0.2) is 4.39 Å². The van der Waals surface area contributed by atoms with Crippen LogP contribution in [0.15, 0.2) is 28.9 Å². The number of aromatic nitrogens is 3. The van der Waals surface area contributed by atoms with E-state index in [1.165, 1.54) is 6.07 Å². The summed E-state index contributed by atoms with van der Waals surface area (Å²) in [6.45, 7) is 0. The average molecular weight is 285 g/mol. The molecular formula is C10H10BrFN4. The third kappa shape index (κ3) is 2.45. The highest BCUT2D eigenvalue weighted by atomic mass is 79.9. The summed E-state index contributed by atoms with van der Waals surface area (Å²) in [5.74, 6) is -0.270. The Kier molecular flexibility index (Phi) is 3.31. The maximum Gasteiger partial charge on any atom is 0.127 e. The Bertz CT molecular complexity index is 472. The van der Waals surface area contributed by atoms with Gasteiger partial charge in [0.2, 0.25) is 0 Å².